The third-order valence-electron chi connectivity index (χ3n) is 5.47. The van der Waals surface area contributed by atoms with Crippen molar-refractivity contribution in [1.29, 1.82) is 0 Å². The van der Waals surface area contributed by atoms with Gasteiger partial charge in [0.2, 0.25) is 5.91 Å². The highest BCUT2D eigenvalue weighted by Gasteiger charge is 2.20. The van der Waals surface area contributed by atoms with Crippen LogP contribution in [0.1, 0.15) is 29.2 Å². The first-order valence-corrected chi connectivity index (χ1v) is 10.6. The van der Waals surface area contributed by atoms with Crippen LogP contribution >= 0.6 is 0 Å². The Morgan fingerprint density at radius 2 is 1.74 bits per heavy atom. The number of carbonyl (C=O) groups is 1. The van der Waals surface area contributed by atoms with Crippen LogP contribution < -0.4 is 14.8 Å². The van der Waals surface area contributed by atoms with Crippen LogP contribution in [0.5, 0.6) is 11.5 Å². The van der Waals surface area contributed by atoms with E-state index in [-0.39, 0.29) is 5.91 Å². The predicted octanol–water partition coefficient (Wildman–Crippen LogP) is 4.79. The van der Waals surface area contributed by atoms with Crippen molar-refractivity contribution in [3.63, 3.8) is 0 Å². The molecule has 5 heteroatoms. The Morgan fingerprint density at radius 3 is 2.52 bits per heavy atom. The second-order valence-electron chi connectivity index (χ2n) is 7.89. The molecule has 0 radical (unpaired) electrons. The van der Waals surface area contributed by atoms with Crippen LogP contribution in [-0.2, 0) is 30.9 Å². The van der Waals surface area contributed by atoms with E-state index in [0.717, 1.165) is 48.8 Å². The summed E-state index contributed by atoms with van der Waals surface area (Å²) in [6, 6.07) is 22.4. The number of amides is 1. The quantitative estimate of drug-likeness (QED) is 0.602. The van der Waals surface area contributed by atoms with E-state index in [9.17, 15) is 4.79 Å². The van der Waals surface area contributed by atoms with Gasteiger partial charge in [-0.3, -0.25) is 9.69 Å². The van der Waals surface area contributed by atoms with Gasteiger partial charge in [-0.05, 0) is 52.9 Å². The lowest BCUT2D eigenvalue weighted by Crippen LogP contribution is -2.30. The van der Waals surface area contributed by atoms with Gasteiger partial charge in [0.25, 0.3) is 0 Å². The van der Waals surface area contributed by atoms with Crippen LogP contribution in [0.4, 0.5) is 5.69 Å². The minimum Gasteiger partial charge on any atom is -0.493 e. The minimum atomic E-state index is -0.0542. The molecule has 1 aliphatic heterocycles. The van der Waals surface area contributed by atoms with Crippen molar-refractivity contribution in [2.45, 2.75) is 33.0 Å². The molecule has 1 amide bonds. The average Bonchev–Trinajstić information content (AvgIpc) is 2.77. The molecule has 0 atom stereocenters. The van der Waals surface area contributed by atoms with E-state index in [0.29, 0.717) is 6.61 Å². The van der Waals surface area contributed by atoms with Crippen LogP contribution in [0.3, 0.4) is 0 Å². The van der Waals surface area contributed by atoms with Crippen molar-refractivity contribution in [2.24, 2.45) is 0 Å². The van der Waals surface area contributed by atoms with Crippen LogP contribution in [-0.4, -0.2) is 24.5 Å². The van der Waals surface area contributed by atoms with Gasteiger partial charge in [0.15, 0.2) is 11.5 Å². The summed E-state index contributed by atoms with van der Waals surface area (Å²) in [5.74, 6) is 1.51. The Labute approximate surface area is 183 Å². The predicted molar refractivity (Wildman–Crippen MR) is 122 cm³/mol. The number of anilines is 1. The van der Waals surface area contributed by atoms with Crippen LogP contribution in [0, 0.1) is 0 Å². The van der Waals surface area contributed by atoms with E-state index in [2.05, 4.69) is 40.5 Å². The molecule has 3 aromatic rings. The first kappa shape index (κ1) is 20.9. The topological polar surface area (TPSA) is 50.8 Å². The highest BCUT2D eigenvalue weighted by Crippen LogP contribution is 2.34. The number of hydrogen-bond acceptors (Lipinski definition) is 4. The summed E-state index contributed by atoms with van der Waals surface area (Å²) >= 11 is 0. The molecule has 0 bridgehead atoms. The zero-order valence-corrected chi connectivity index (χ0v) is 18.1. The molecule has 0 fully saturated rings. The van der Waals surface area contributed by atoms with Gasteiger partial charge in [0.05, 0.1) is 7.11 Å². The van der Waals surface area contributed by atoms with Gasteiger partial charge < -0.3 is 14.8 Å². The maximum atomic E-state index is 11.3. The van der Waals surface area contributed by atoms with E-state index in [1.165, 1.54) is 23.6 Å². The lowest BCUT2D eigenvalue weighted by atomic mass is 9.98. The largest absolute Gasteiger partial charge is 0.493 e. The summed E-state index contributed by atoms with van der Waals surface area (Å²) < 4.78 is 11.7. The number of rotatable bonds is 7. The van der Waals surface area contributed by atoms with E-state index >= 15 is 0 Å². The zero-order chi connectivity index (χ0) is 21.6. The van der Waals surface area contributed by atoms with E-state index in [4.69, 9.17) is 9.47 Å². The van der Waals surface area contributed by atoms with E-state index < -0.39 is 0 Å². The van der Waals surface area contributed by atoms with Crippen molar-refractivity contribution in [3.05, 3.63) is 89.0 Å². The summed E-state index contributed by atoms with van der Waals surface area (Å²) in [6.45, 7) is 4.71. The highest BCUT2D eigenvalue weighted by atomic mass is 16.5. The monoisotopic (exact) mass is 416 g/mol. The molecule has 5 nitrogen and oxygen atoms in total. The standard InChI is InChI=1S/C26H28N2O3/c1-19(29)27-24-10-6-9-21(13-24)16-28-12-11-22-14-26(25(30-2)15-23(22)17-28)31-18-20-7-4-3-5-8-20/h3-10,13-15H,11-12,16-18H2,1-2H3,(H,27,29). The average molecular weight is 417 g/mol. The normalized spacial score (nSPS) is 13.4. The van der Waals surface area contributed by atoms with E-state index in [1.54, 1.807) is 7.11 Å². The molecule has 31 heavy (non-hydrogen) atoms. The van der Waals surface area contributed by atoms with Crippen molar-refractivity contribution in [3.8, 4) is 11.5 Å². The molecular formula is C26H28N2O3. The number of benzene rings is 3. The van der Waals surface area contributed by atoms with Crippen LogP contribution in [0.15, 0.2) is 66.7 Å². The second kappa shape index (κ2) is 9.67. The molecule has 160 valence electrons. The molecule has 1 aliphatic rings. The number of ether oxygens (including phenoxy) is 2. The molecule has 0 unspecified atom stereocenters. The van der Waals surface area contributed by atoms with Gasteiger partial charge in [-0.2, -0.15) is 0 Å². The first-order valence-electron chi connectivity index (χ1n) is 10.6. The van der Waals surface area contributed by atoms with Crippen molar-refractivity contribution < 1.29 is 14.3 Å². The molecule has 0 aliphatic carbocycles. The minimum absolute atomic E-state index is 0.0542. The Kier molecular flexibility index (Phi) is 6.53. The number of hydrogen-bond donors (Lipinski definition) is 1. The van der Waals surface area contributed by atoms with Crippen LogP contribution in [0.25, 0.3) is 0 Å². The van der Waals surface area contributed by atoms with Gasteiger partial charge in [-0.15, -0.1) is 0 Å². The molecule has 0 saturated carbocycles. The summed E-state index contributed by atoms with van der Waals surface area (Å²) in [4.78, 5) is 13.7. The Hall–Kier alpha value is -3.31. The van der Waals surface area contributed by atoms with Gasteiger partial charge in [0.1, 0.15) is 6.61 Å². The second-order valence-corrected chi connectivity index (χ2v) is 7.89. The van der Waals surface area contributed by atoms with Gasteiger partial charge in [-0.25, -0.2) is 0 Å². The van der Waals surface area contributed by atoms with Crippen molar-refractivity contribution in [2.75, 3.05) is 19.0 Å². The molecule has 0 spiro atoms. The summed E-state index contributed by atoms with van der Waals surface area (Å²) in [5.41, 5.74) is 5.74. The SMILES string of the molecule is COc1cc2c(cc1OCc1ccccc1)CCN(Cc1cccc(NC(C)=O)c1)C2. The first-order chi connectivity index (χ1) is 15.1. The fourth-order valence-corrected chi connectivity index (χ4v) is 3.97. The molecule has 0 aromatic heterocycles. The van der Waals surface area contributed by atoms with Crippen molar-refractivity contribution in [1.82, 2.24) is 4.90 Å². The fraction of sp³-hybridized carbons (Fsp3) is 0.269. The number of methoxy groups -OCH3 is 1. The highest BCUT2D eigenvalue weighted by molar-refractivity contribution is 5.88. The Bertz CT molecular complexity index is 1050. The lowest BCUT2D eigenvalue weighted by Gasteiger charge is -2.29. The molecule has 0 saturated heterocycles. The Morgan fingerprint density at radius 1 is 0.968 bits per heavy atom. The zero-order valence-electron chi connectivity index (χ0n) is 18.1. The molecule has 1 heterocycles. The van der Waals surface area contributed by atoms with Crippen LogP contribution in [0.2, 0.25) is 0 Å². The molecule has 3 aromatic carbocycles. The summed E-state index contributed by atoms with van der Waals surface area (Å²) in [7, 11) is 1.69. The third-order valence-corrected chi connectivity index (χ3v) is 5.47. The van der Waals surface area contributed by atoms with E-state index in [1.807, 2.05) is 36.4 Å². The van der Waals surface area contributed by atoms with Crippen molar-refractivity contribution >= 4 is 11.6 Å². The lowest BCUT2D eigenvalue weighted by molar-refractivity contribution is -0.114. The molecular weight excluding hydrogens is 388 g/mol. The number of nitrogens with one attached hydrogen (secondary N) is 1. The maximum Gasteiger partial charge on any atom is 0.221 e. The summed E-state index contributed by atoms with van der Waals surface area (Å²) in [5, 5.41) is 2.86. The maximum absolute atomic E-state index is 11.3. The van der Waals surface area contributed by atoms with Gasteiger partial charge in [0, 0.05) is 32.2 Å². The number of fused-ring (bicyclic) bond motifs is 1. The summed E-state index contributed by atoms with van der Waals surface area (Å²) in [6.07, 6.45) is 0.965. The third kappa shape index (κ3) is 5.44. The van der Waals surface area contributed by atoms with Gasteiger partial charge in [-0.1, -0.05) is 42.5 Å². The molecule has 1 N–H and O–H groups in total. The number of carbonyl (C=O) groups excluding carboxylic acids is 1. The Balaban J connectivity index is 1.45. The number of nitrogens with zero attached hydrogens (tertiary/aromatic N) is 1. The smallest absolute Gasteiger partial charge is 0.221 e. The fourth-order valence-electron chi connectivity index (χ4n) is 3.97. The van der Waals surface area contributed by atoms with Gasteiger partial charge >= 0.3 is 0 Å². The molecule has 4 rings (SSSR count).